The highest BCUT2D eigenvalue weighted by atomic mass is 32.1. The molecule has 1 fully saturated rings. The van der Waals surface area contributed by atoms with E-state index >= 15 is 0 Å². The highest BCUT2D eigenvalue weighted by Gasteiger charge is 2.37. The third kappa shape index (κ3) is 4.24. The van der Waals surface area contributed by atoms with Crippen LogP contribution in [0.3, 0.4) is 0 Å². The number of hydrogen-bond donors (Lipinski definition) is 2. The number of hydrogen-bond acceptors (Lipinski definition) is 3. The van der Waals surface area contributed by atoms with Crippen LogP contribution in [0.25, 0.3) is 0 Å². The van der Waals surface area contributed by atoms with Gasteiger partial charge in [-0.1, -0.05) is 25.1 Å². The normalized spacial score (nSPS) is 17.9. The lowest BCUT2D eigenvalue weighted by atomic mass is 9.97. The molecule has 0 unspecified atom stereocenters. The lowest BCUT2D eigenvalue weighted by Crippen LogP contribution is -2.54. The van der Waals surface area contributed by atoms with Gasteiger partial charge in [-0.25, -0.2) is 0 Å². The van der Waals surface area contributed by atoms with Crippen LogP contribution in [0, 0.1) is 0 Å². The van der Waals surface area contributed by atoms with Crippen molar-refractivity contribution >= 4 is 23.1 Å². The van der Waals surface area contributed by atoms with E-state index in [0.717, 1.165) is 32.1 Å². The van der Waals surface area contributed by atoms with Crippen molar-refractivity contribution in [1.82, 2.24) is 5.32 Å². The molecule has 4 nitrogen and oxygen atoms in total. The summed E-state index contributed by atoms with van der Waals surface area (Å²) >= 11 is 5.08. The van der Waals surface area contributed by atoms with Crippen LogP contribution in [0.5, 0.6) is 0 Å². The first-order valence-electron chi connectivity index (χ1n) is 6.29. The van der Waals surface area contributed by atoms with Crippen molar-refractivity contribution in [2.24, 2.45) is 5.73 Å². The topological polar surface area (TPSA) is 64.3 Å². The van der Waals surface area contributed by atoms with Crippen LogP contribution in [0.4, 0.5) is 0 Å². The van der Waals surface area contributed by atoms with E-state index in [0.29, 0.717) is 24.6 Å². The van der Waals surface area contributed by atoms with E-state index in [2.05, 4.69) is 5.32 Å². The Kier molecular flexibility index (Phi) is 5.85. The molecule has 0 aliphatic heterocycles. The fraction of sp³-hybridized carbons (Fsp3) is 0.833. The Morgan fingerprint density at radius 3 is 2.65 bits per heavy atom. The smallest absolute Gasteiger partial charge is 0.220 e. The van der Waals surface area contributed by atoms with Crippen LogP contribution in [0.1, 0.15) is 45.4 Å². The Morgan fingerprint density at radius 1 is 1.47 bits per heavy atom. The van der Waals surface area contributed by atoms with Gasteiger partial charge in [0.05, 0.1) is 10.5 Å². The fourth-order valence-electron chi connectivity index (χ4n) is 2.22. The van der Waals surface area contributed by atoms with Gasteiger partial charge in [-0.2, -0.15) is 0 Å². The molecule has 5 heteroatoms. The second-order valence-electron chi connectivity index (χ2n) is 4.50. The minimum Gasteiger partial charge on any atom is -0.391 e. The third-order valence-corrected chi connectivity index (χ3v) is 3.59. The Hall–Kier alpha value is -0.680. The molecular weight excluding hydrogens is 236 g/mol. The van der Waals surface area contributed by atoms with Crippen molar-refractivity contribution in [1.29, 1.82) is 0 Å². The molecule has 1 rings (SSSR count). The van der Waals surface area contributed by atoms with Crippen LogP contribution in [0.15, 0.2) is 0 Å². The maximum absolute atomic E-state index is 11.8. The van der Waals surface area contributed by atoms with Crippen LogP contribution in [-0.2, 0) is 9.53 Å². The molecule has 1 amide bonds. The molecule has 0 heterocycles. The first-order chi connectivity index (χ1) is 8.10. The van der Waals surface area contributed by atoms with E-state index in [-0.39, 0.29) is 5.91 Å². The SMILES string of the molecule is CCOCCCC(=O)NC1(C(N)=S)CCCC1. The van der Waals surface area contributed by atoms with Crippen molar-refractivity contribution in [3.63, 3.8) is 0 Å². The first-order valence-corrected chi connectivity index (χ1v) is 6.70. The summed E-state index contributed by atoms with van der Waals surface area (Å²) < 4.78 is 5.20. The van der Waals surface area contributed by atoms with Gasteiger partial charge < -0.3 is 15.8 Å². The summed E-state index contributed by atoms with van der Waals surface area (Å²) in [6.45, 7) is 3.27. The van der Waals surface area contributed by atoms with Crippen LogP contribution < -0.4 is 11.1 Å². The zero-order chi connectivity index (χ0) is 12.7. The maximum atomic E-state index is 11.8. The van der Waals surface area contributed by atoms with Crippen molar-refractivity contribution in [3.8, 4) is 0 Å². The molecule has 1 aliphatic carbocycles. The molecule has 1 saturated carbocycles. The zero-order valence-corrected chi connectivity index (χ0v) is 11.3. The Bertz CT molecular complexity index is 276. The summed E-state index contributed by atoms with van der Waals surface area (Å²) in [4.78, 5) is 12.2. The second kappa shape index (κ2) is 6.91. The Balaban J connectivity index is 2.35. The van der Waals surface area contributed by atoms with Crippen molar-refractivity contribution < 1.29 is 9.53 Å². The standard InChI is InChI=1S/C12H22N2O2S/c1-2-16-9-5-6-10(15)14-12(11(13)17)7-3-4-8-12/h2-9H2,1H3,(H2,13,17)(H,14,15). The van der Waals surface area contributed by atoms with Gasteiger partial charge in [0.1, 0.15) is 0 Å². The number of nitrogens with two attached hydrogens (primary N) is 1. The van der Waals surface area contributed by atoms with E-state index in [1.807, 2.05) is 6.92 Å². The number of nitrogens with one attached hydrogen (secondary N) is 1. The van der Waals surface area contributed by atoms with Gasteiger partial charge in [0, 0.05) is 19.6 Å². The number of thiocarbonyl (C=S) groups is 1. The molecule has 0 aromatic heterocycles. The van der Waals surface area contributed by atoms with Crippen LogP contribution >= 0.6 is 12.2 Å². The minimum atomic E-state index is -0.419. The fourth-order valence-corrected chi connectivity index (χ4v) is 2.48. The molecule has 0 radical (unpaired) electrons. The predicted molar refractivity (Wildman–Crippen MR) is 71.9 cm³/mol. The Morgan fingerprint density at radius 2 is 2.12 bits per heavy atom. The first kappa shape index (κ1) is 14.4. The number of rotatable bonds is 7. The molecule has 0 spiro atoms. The molecule has 0 bridgehead atoms. The highest BCUT2D eigenvalue weighted by Crippen LogP contribution is 2.30. The number of amides is 1. The number of carbonyl (C=O) groups is 1. The quantitative estimate of drug-likeness (QED) is 0.537. The maximum Gasteiger partial charge on any atom is 0.220 e. The second-order valence-corrected chi connectivity index (χ2v) is 4.94. The molecule has 0 saturated heterocycles. The van der Waals surface area contributed by atoms with E-state index in [9.17, 15) is 4.79 Å². The van der Waals surface area contributed by atoms with Gasteiger partial charge >= 0.3 is 0 Å². The lowest BCUT2D eigenvalue weighted by Gasteiger charge is -2.29. The van der Waals surface area contributed by atoms with Crippen molar-refractivity contribution in [3.05, 3.63) is 0 Å². The van der Waals surface area contributed by atoms with E-state index < -0.39 is 5.54 Å². The molecule has 1 aliphatic rings. The van der Waals surface area contributed by atoms with E-state index in [4.69, 9.17) is 22.7 Å². The Labute approximate surface area is 108 Å². The molecule has 17 heavy (non-hydrogen) atoms. The van der Waals surface area contributed by atoms with Crippen molar-refractivity contribution in [2.75, 3.05) is 13.2 Å². The zero-order valence-electron chi connectivity index (χ0n) is 10.5. The molecule has 3 N–H and O–H groups in total. The summed E-state index contributed by atoms with van der Waals surface area (Å²) in [5, 5.41) is 3.01. The molecular formula is C12H22N2O2S. The summed E-state index contributed by atoms with van der Waals surface area (Å²) in [7, 11) is 0. The van der Waals surface area contributed by atoms with Gasteiger partial charge in [0.2, 0.25) is 5.91 Å². The predicted octanol–water partition coefficient (Wildman–Crippen LogP) is 1.52. The molecule has 98 valence electrons. The van der Waals surface area contributed by atoms with Gasteiger partial charge in [0.15, 0.2) is 0 Å². The van der Waals surface area contributed by atoms with Gasteiger partial charge in [-0.05, 0) is 26.2 Å². The summed E-state index contributed by atoms with van der Waals surface area (Å²) in [6.07, 6.45) is 5.13. The summed E-state index contributed by atoms with van der Waals surface area (Å²) in [5.41, 5.74) is 5.33. The van der Waals surface area contributed by atoms with Gasteiger partial charge in [0.25, 0.3) is 0 Å². The minimum absolute atomic E-state index is 0.0272. The summed E-state index contributed by atoms with van der Waals surface area (Å²) in [5.74, 6) is 0.0272. The van der Waals surface area contributed by atoms with Crippen LogP contribution in [0.2, 0.25) is 0 Å². The van der Waals surface area contributed by atoms with Gasteiger partial charge in [-0.3, -0.25) is 4.79 Å². The monoisotopic (exact) mass is 258 g/mol. The van der Waals surface area contributed by atoms with E-state index in [1.165, 1.54) is 0 Å². The number of ether oxygens (including phenoxy) is 1. The summed E-state index contributed by atoms with van der Waals surface area (Å²) in [6, 6.07) is 0. The van der Waals surface area contributed by atoms with E-state index in [1.54, 1.807) is 0 Å². The van der Waals surface area contributed by atoms with Crippen molar-refractivity contribution in [2.45, 2.75) is 51.0 Å². The average Bonchev–Trinajstić information content (AvgIpc) is 2.74. The number of carbonyl (C=O) groups excluding carboxylic acids is 1. The molecule has 0 aromatic rings. The van der Waals surface area contributed by atoms with Crippen LogP contribution in [-0.4, -0.2) is 29.6 Å². The lowest BCUT2D eigenvalue weighted by molar-refractivity contribution is -0.122. The largest absolute Gasteiger partial charge is 0.391 e. The molecule has 0 aromatic carbocycles. The molecule has 0 atom stereocenters. The van der Waals surface area contributed by atoms with Gasteiger partial charge in [-0.15, -0.1) is 0 Å². The average molecular weight is 258 g/mol. The highest BCUT2D eigenvalue weighted by molar-refractivity contribution is 7.80. The third-order valence-electron chi connectivity index (χ3n) is 3.20.